The van der Waals surface area contributed by atoms with E-state index < -0.39 is 0 Å². The van der Waals surface area contributed by atoms with Gasteiger partial charge in [0.25, 0.3) is 0 Å². The second-order valence-corrected chi connectivity index (χ2v) is 5.55. The van der Waals surface area contributed by atoms with Crippen LogP contribution in [0, 0.1) is 12.8 Å². The smallest absolute Gasteiger partial charge is 0.146 e. The zero-order valence-electron chi connectivity index (χ0n) is 12.2. The normalized spacial score (nSPS) is 11.2. The number of hydrogen-bond donors (Lipinski definition) is 0. The van der Waals surface area contributed by atoms with Crippen molar-refractivity contribution in [1.82, 2.24) is 9.55 Å². The molecule has 0 N–H and O–H groups in total. The predicted molar refractivity (Wildman–Crippen MR) is 82.3 cm³/mol. The lowest BCUT2D eigenvalue weighted by Gasteiger charge is -2.19. The van der Waals surface area contributed by atoms with E-state index in [1.54, 1.807) is 0 Å². The fraction of sp³-hybridized carbons (Fsp3) is 0.733. The molecule has 0 aliphatic rings. The molecule has 1 aromatic rings. The molecule has 0 radical (unpaired) electrons. The molecular formula is C15H26N2S. The number of thiocarbonyl (C=S) groups is 1. The highest BCUT2D eigenvalue weighted by Gasteiger charge is 2.14. The number of hydrogen-bond acceptors (Lipinski definition) is 2. The standard InChI is InChI=1S/C15H26N2S/c1-5-8-13(9-6-2)11-17-12(4)10-16-15(17)14(18)7-3/h10,13H,5-9,11H2,1-4H3. The summed E-state index contributed by atoms with van der Waals surface area (Å²) in [6.07, 6.45) is 7.95. The molecule has 1 heterocycles. The summed E-state index contributed by atoms with van der Waals surface area (Å²) in [5, 5.41) is 0. The Morgan fingerprint density at radius 1 is 1.28 bits per heavy atom. The van der Waals surface area contributed by atoms with E-state index >= 15 is 0 Å². The summed E-state index contributed by atoms with van der Waals surface area (Å²) in [6, 6.07) is 0. The van der Waals surface area contributed by atoms with Gasteiger partial charge in [-0.25, -0.2) is 4.98 Å². The summed E-state index contributed by atoms with van der Waals surface area (Å²) in [7, 11) is 0. The van der Waals surface area contributed by atoms with E-state index in [0.29, 0.717) is 0 Å². The lowest BCUT2D eigenvalue weighted by atomic mass is 9.98. The molecular weight excluding hydrogens is 240 g/mol. The third-order valence-electron chi connectivity index (χ3n) is 3.46. The maximum atomic E-state index is 5.42. The lowest BCUT2D eigenvalue weighted by molar-refractivity contribution is 0.377. The highest BCUT2D eigenvalue weighted by atomic mass is 32.1. The van der Waals surface area contributed by atoms with Crippen LogP contribution in [0.5, 0.6) is 0 Å². The van der Waals surface area contributed by atoms with Crippen molar-refractivity contribution in [3.63, 3.8) is 0 Å². The minimum absolute atomic E-state index is 0.756. The fourth-order valence-corrected chi connectivity index (χ4v) is 2.64. The van der Waals surface area contributed by atoms with Crippen LogP contribution in [0.1, 0.15) is 64.4 Å². The van der Waals surface area contributed by atoms with Crippen LogP contribution >= 0.6 is 12.2 Å². The molecule has 0 amide bonds. The molecule has 0 aliphatic carbocycles. The quantitative estimate of drug-likeness (QED) is 0.508. The molecule has 1 aromatic heterocycles. The van der Waals surface area contributed by atoms with E-state index in [1.165, 1.54) is 31.4 Å². The maximum absolute atomic E-state index is 5.42. The third-order valence-corrected chi connectivity index (χ3v) is 3.93. The van der Waals surface area contributed by atoms with Crippen LogP contribution in [0.15, 0.2) is 6.20 Å². The van der Waals surface area contributed by atoms with Gasteiger partial charge < -0.3 is 4.57 Å². The molecule has 0 unspecified atom stereocenters. The van der Waals surface area contributed by atoms with Crippen molar-refractivity contribution in [1.29, 1.82) is 0 Å². The van der Waals surface area contributed by atoms with Gasteiger partial charge in [-0.05, 0) is 32.1 Å². The fourth-order valence-electron chi connectivity index (χ4n) is 2.47. The van der Waals surface area contributed by atoms with Crippen LogP contribution < -0.4 is 0 Å². The number of nitrogens with zero attached hydrogens (tertiary/aromatic N) is 2. The Bertz CT molecular complexity index is 376. The zero-order valence-corrected chi connectivity index (χ0v) is 13.0. The van der Waals surface area contributed by atoms with Gasteiger partial charge in [-0.2, -0.15) is 0 Å². The Kier molecular flexibility index (Phi) is 6.55. The maximum Gasteiger partial charge on any atom is 0.146 e. The Labute approximate surface area is 117 Å². The van der Waals surface area contributed by atoms with Crippen molar-refractivity contribution in [2.24, 2.45) is 5.92 Å². The predicted octanol–water partition coefficient (Wildman–Crippen LogP) is 4.54. The Morgan fingerprint density at radius 2 is 1.89 bits per heavy atom. The van der Waals surface area contributed by atoms with Crippen LogP contribution in [0.3, 0.4) is 0 Å². The van der Waals surface area contributed by atoms with E-state index in [4.69, 9.17) is 12.2 Å². The first-order chi connectivity index (χ1) is 8.63. The number of imidazole rings is 1. The van der Waals surface area contributed by atoms with Gasteiger partial charge in [0, 0.05) is 18.4 Å². The van der Waals surface area contributed by atoms with E-state index in [-0.39, 0.29) is 0 Å². The van der Waals surface area contributed by atoms with Crippen LogP contribution in [0.4, 0.5) is 0 Å². The third kappa shape index (κ3) is 3.91. The summed E-state index contributed by atoms with van der Waals surface area (Å²) in [6.45, 7) is 9.83. The molecule has 0 saturated carbocycles. The average Bonchev–Trinajstić information content (AvgIpc) is 2.71. The van der Waals surface area contributed by atoms with E-state index in [0.717, 1.165) is 29.6 Å². The average molecular weight is 266 g/mol. The van der Waals surface area contributed by atoms with Gasteiger partial charge >= 0.3 is 0 Å². The molecule has 102 valence electrons. The molecule has 0 fully saturated rings. The molecule has 0 aliphatic heterocycles. The monoisotopic (exact) mass is 266 g/mol. The number of rotatable bonds is 8. The SMILES string of the molecule is CCCC(CCC)Cn1c(C)cnc1C(=S)CC. The molecule has 18 heavy (non-hydrogen) atoms. The Morgan fingerprint density at radius 3 is 2.39 bits per heavy atom. The number of aromatic nitrogens is 2. The van der Waals surface area contributed by atoms with Gasteiger partial charge in [-0.3, -0.25) is 0 Å². The first-order valence-electron chi connectivity index (χ1n) is 7.19. The highest BCUT2D eigenvalue weighted by molar-refractivity contribution is 7.80. The summed E-state index contributed by atoms with van der Waals surface area (Å²) >= 11 is 5.42. The van der Waals surface area contributed by atoms with Crippen LogP contribution in [-0.4, -0.2) is 14.4 Å². The van der Waals surface area contributed by atoms with Crippen molar-refractivity contribution in [3.8, 4) is 0 Å². The first-order valence-corrected chi connectivity index (χ1v) is 7.60. The Hall–Kier alpha value is -0.700. The number of aryl methyl sites for hydroxylation is 1. The summed E-state index contributed by atoms with van der Waals surface area (Å²) in [4.78, 5) is 5.46. The van der Waals surface area contributed by atoms with Gasteiger partial charge in [0.2, 0.25) is 0 Å². The van der Waals surface area contributed by atoms with E-state index in [1.807, 2.05) is 6.20 Å². The Balaban J connectivity index is 2.86. The van der Waals surface area contributed by atoms with Gasteiger partial charge in [0.15, 0.2) is 0 Å². The lowest BCUT2D eigenvalue weighted by Crippen LogP contribution is -2.16. The summed E-state index contributed by atoms with van der Waals surface area (Å²) < 4.78 is 2.32. The minimum Gasteiger partial charge on any atom is -0.328 e. The molecule has 1 rings (SSSR count). The van der Waals surface area contributed by atoms with Gasteiger partial charge in [0.1, 0.15) is 5.82 Å². The molecule has 2 nitrogen and oxygen atoms in total. The van der Waals surface area contributed by atoms with Crippen molar-refractivity contribution in [3.05, 3.63) is 17.7 Å². The minimum atomic E-state index is 0.756. The summed E-state index contributed by atoms with van der Waals surface area (Å²) in [5.74, 6) is 1.77. The van der Waals surface area contributed by atoms with Crippen molar-refractivity contribution < 1.29 is 0 Å². The van der Waals surface area contributed by atoms with Crippen LogP contribution in [0.2, 0.25) is 0 Å². The second-order valence-electron chi connectivity index (χ2n) is 5.05. The van der Waals surface area contributed by atoms with Crippen molar-refractivity contribution in [2.75, 3.05) is 0 Å². The highest BCUT2D eigenvalue weighted by Crippen LogP contribution is 2.19. The van der Waals surface area contributed by atoms with Crippen LogP contribution in [0.25, 0.3) is 0 Å². The second kappa shape index (κ2) is 7.67. The topological polar surface area (TPSA) is 17.8 Å². The van der Waals surface area contributed by atoms with E-state index in [2.05, 4.69) is 37.2 Å². The zero-order chi connectivity index (χ0) is 13.5. The van der Waals surface area contributed by atoms with Crippen molar-refractivity contribution in [2.45, 2.75) is 66.3 Å². The van der Waals surface area contributed by atoms with Crippen LogP contribution in [-0.2, 0) is 6.54 Å². The molecule has 0 spiro atoms. The largest absolute Gasteiger partial charge is 0.328 e. The molecule has 3 heteroatoms. The molecule has 0 aromatic carbocycles. The van der Waals surface area contributed by atoms with Crippen molar-refractivity contribution >= 4 is 17.1 Å². The van der Waals surface area contributed by atoms with Gasteiger partial charge in [-0.15, -0.1) is 0 Å². The molecule has 0 bridgehead atoms. The van der Waals surface area contributed by atoms with Gasteiger partial charge in [0.05, 0.1) is 4.86 Å². The van der Waals surface area contributed by atoms with Gasteiger partial charge in [-0.1, -0.05) is 45.8 Å². The first kappa shape index (κ1) is 15.4. The summed E-state index contributed by atoms with van der Waals surface area (Å²) in [5.41, 5.74) is 1.23. The molecule has 0 atom stereocenters. The van der Waals surface area contributed by atoms with E-state index in [9.17, 15) is 0 Å². The molecule has 0 saturated heterocycles.